The Morgan fingerprint density at radius 1 is 0.845 bits per heavy atom. The largest absolute Gasteiger partial charge is 0.497 e. The zero-order valence-electron chi connectivity index (χ0n) is 33.1. The van der Waals surface area contributed by atoms with Crippen molar-refractivity contribution in [2.75, 3.05) is 30.1 Å². The number of carbonyl (C=O) groups is 3. The Kier molecular flexibility index (Phi) is 9.49. The summed E-state index contributed by atoms with van der Waals surface area (Å²) in [5.41, 5.74) is 3.73. The molecule has 5 aromatic rings. The molecular formula is C47H47N3O7Si. The summed E-state index contributed by atoms with van der Waals surface area (Å²) >= 11 is 0. The first-order valence-electron chi connectivity index (χ1n) is 19.9. The van der Waals surface area contributed by atoms with Crippen molar-refractivity contribution in [3.8, 4) is 11.5 Å². The summed E-state index contributed by atoms with van der Waals surface area (Å²) in [4.78, 5) is 49.2. The molecule has 0 radical (unpaired) electrons. The van der Waals surface area contributed by atoms with E-state index in [9.17, 15) is 14.7 Å². The summed E-state index contributed by atoms with van der Waals surface area (Å²) in [5, 5.41) is 11.7. The highest BCUT2D eigenvalue weighted by atomic mass is 28.3. The number of hydrogen-bond acceptors (Lipinski definition) is 7. The number of fused-ring (bicyclic) bond motifs is 4. The molecule has 9 rings (SSSR count). The number of anilines is 4. The topological polar surface area (TPSA) is 109 Å². The Morgan fingerprint density at radius 3 is 2.29 bits per heavy atom. The minimum absolute atomic E-state index is 0.0327. The molecule has 3 amide bonds. The third kappa shape index (κ3) is 5.94. The molecule has 0 unspecified atom stereocenters. The Bertz CT molecular complexity index is 2410. The third-order valence-electron chi connectivity index (χ3n) is 13.0. The summed E-state index contributed by atoms with van der Waals surface area (Å²) in [7, 11) is -0.964. The maximum absolute atomic E-state index is 15.6. The molecule has 10 nitrogen and oxygen atoms in total. The van der Waals surface area contributed by atoms with Gasteiger partial charge in [-0.3, -0.25) is 24.2 Å². The van der Waals surface area contributed by atoms with E-state index in [2.05, 4.69) is 38.2 Å². The molecule has 4 heterocycles. The molecule has 1 fully saturated rings. The van der Waals surface area contributed by atoms with Gasteiger partial charge in [0.1, 0.15) is 11.5 Å². The lowest BCUT2D eigenvalue weighted by atomic mass is 9.82. The van der Waals surface area contributed by atoms with Gasteiger partial charge in [-0.15, -0.1) is 0 Å². The summed E-state index contributed by atoms with van der Waals surface area (Å²) in [6.07, 6.45) is -0.0563. The fourth-order valence-electron chi connectivity index (χ4n) is 10.1. The summed E-state index contributed by atoms with van der Waals surface area (Å²) < 4.78 is 18.7. The van der Waals surface area contributed by atoms with Crippen LogP contribution in [-0.2, 0) is 37.7 Å². The van der Waals surface area contributed by atoms with Crippen molar-refractivity contribution in [2.45, 2.75) is 62.7 Å². The Labute approximate surface area is 339 Å². The van der Waals surface area contributed by atoms with Crippen LogP contribution in [0.4, 0.5) is 22.7 Å². The molecule has 4 aliphatic rings. The number of rotatable bonds is 8. The highest BCUT2D eigenvalue weighted by Crippen LogP contribution is 2.61. The summed E-state index contributed by atoms with van der Waals surface area (Å²) in [6.45, 7) is 6.78. The molecule has 1 saturated heterocycles. The van der Waals surface area contributed by atoms with Crippen LogP contribution >= 0.6 is 0 Å². The highest BCUT2D eigenvalue weighted by Gasteiger charge is 2.67. The molecular weight excluding hydrogens is 747 g/mol. The molecule has 5 atom stereocenters. The van der Waals surface area contributed by atoms with Crippen molar-refractivity contribution >= 4 is 53.7 Å². The molecule has 0 saturated carbocycles. The van der Waals surface area contributed by atoms with Crippen LogP contribution in [0.3, 0.4) is 0 Å². The molecule has 1 spiro atoms. The molecule has 0 aliphatic carbocycles. The van der Waals surface area contributed by atoms with Crippen LogP contribution in [0.25, 0.3) is 0 Å². The smallest absolute Gasteiger partial charge is 0.269 e. The van der Waals surface area contributed by atoms with Crippen LogP contribution in [0.1, 0.15) is 30.0 Å². The van der Waals surface area contributed by atoms with Gasteiger partial charge in [-0.2, -0.15) is 0 Å². The number of methoxy groups -OCH3 is 1. The third-order valence-corrected chi connectivity index (χ3v) is 17.3. The van der Waals surface area contributed by atoms with E-state index in [-0.39, 0.29) is 48.9 Å². The molecule has 11 heteroatoms. The van der Waals surface area contributed by atoms with Gasteiger partial charge in [-0.05, 0) is 77.7 Å². The normalized spacial score (nSPS) is 23.7. The van der Waals surface area contributed by atoms with Crippen molar-refractivity contribution in [2.24, 2.45) is 5.92 Å². The van der Waals surface area contributed by atoms with E-state index in [1.165, 1.54) is 0 Å². The second-order valence-electron chi connectivity index (χ2n) is 16.4. The molecule has 4 aliphatic heterocycles. The van der Waals surface area contributed by atoms with E-state index in [0.29, 0.717) is 47.0 Å². The van der Waals surface area contributed by atoms with E-state index in [1.807, 2.05) is 103 Å². The van der Waals surface area contributed by atoms with Crippen molar-refractivity contribution in [3.05, 3.63) is 138 Å². The van der Waals surface area contributed by atoms with E-state index in [0.717, 1.165) is 22.1 Å². The number of aliphatic hydroxyl groups is 1. The quantitative estimate of drug-likeness (QED) is 0.169. The van der Waals surface area contributed by atoms with Gasteiger partial charge in [0.2, 0.25) is 5.91 Å². The van der Waals surface area contributed by atoms with Crippen LogP contribution < -0.4 is 24.5 Å². The van der Waals surface area contributed by atoms with E-state index in [1.54, 1.807) is 21.8 Å². The lowest BCUT2D eigenvalue weighted by molar-refractivity contribution is -0.150. The number of para-hydroxylation sites is 3. The van der Waals surface area contributed by atoms with Crippen molar-refractivity contribution < 1.29 is 33.7 Å². The van der Waals surface area contributed by atoms with Gasteiger partial charge in [0, 0.05) is 29.4 Å². The number of aliphatic hydroxyl groups excluding tert-OH is 1. The maximum atomic E-state index is 15.6. The monoisotopic (exact) mass is 793 g/mol. The zero-order chi connectivity index (χ0) is 40.3. The number of ether oxygens (including phenoxy) is 3. The first kappa shape index (κ1) is 37.8. The SMILES string of the molecule is COc1ccc([Si](C)(C)[C@H]2[C@H](CC(=O)N3Cc4ccccc4C[C@H]3CO)O[C@@]3(C(=O)N(c4ccccc4)c4ccc(N5C(=O)COc6ccccc65)cc43)[C@@H]2C)cc1. The first-order chi connectivity index (χ1) is 28.1. The van der Waals surface area contributed by atoms with Gasteiger partial charge in [0.15, 0.2) is 12.2 Å². The molecule has 0 bridgehead atoms. The van der Waals surface area contributed by atoms with Crippen LogP contribution in [0.2, 0.25) is 18.6 Å². The van der Waals surface area contributed by atoms with Gasteiger partial charge in [0.05, 0.1) is 51.7 Å². The van der Waals surface area contributed by atoms with Crippen molar-refractivity contribution in [1.82, 2.24) is 4.90 Å². The predicted octanol–water partition coefficient (Wildman–Crippen LogP) is 6.98. The zero-order valence-corrected chi connectivity index (χ0v) is 34.1. The second-order valence-corrected chi connectivity index (χ2v) is 21.0. The summed E-state index contributed by atoms with van der Waals surface area (Å²) in [5.74, 6) is 0.366. The number of hydrogen-bond donors (Lipinski definition) is 1. The van der Waals surface area contributed by atoms with Crippen LogP contribution in [0.5, 0.6) is 11.5 Å². The molecule has 0 aromatic heterocycles. The number of amides is 3. The first-order valence-corrected chi connectivity index (χ1v) is 23.0. The number of nitrogens with zero attached hydrogens (tertiary/aromatic N) is 3. The Balaban J connectivity index is 1.19. The maximum Gasteiger partial charge on any atom is 0.269 e. The van der Waals surface area contributed by atoms with E-state index >= 15 is 4.79 Å². The minimum atomic E-state index is -2.61. The van der Waals surface area contributed by atoms with E-state index in [4.69, 9.17) is 14.2 Å². The van der Waals surface area contributed by atoms with Gasteiger partial charge in [-0.1, -0.05) is 91.9 Å². The fraction of sp³-hybridized carbons (Fsp3) is 0.298. The molecule has 1 N–H and O–H groups in total. The van der Waals surface area contributed by atoms with Gasteiger partial charge >= 0.3 is 0 Å². The van der Waals surface area contributed by atoms with Gasteiger partial charge in [-0.25, -0.2) is 0 Å². The van der Waals surface area contributed by atoms with Gasteiger partial charge in [0.25, 0.3) is 11.8 Å². The van der Waals surface area contributed by atoms with Crippen LogP contribution in [0.15, 0.2) is 121 Å². The standard InChI is InChI=1S/C47H47N3O7Si/c1-30-45(58(3,4)37-21-19-36(55-2)20-22-37)42(26-43(52)48-27-32-13-9-8-12-31(32)24-35(48)28-51)57-47(30)38-25-34(49-40-16-10-11-17-41(40)56-29-44(49)53)18-23-39(38)50(46(47)54)33-14-6-5-7-15-33/h5-23,25,30,35,42,45,51H,24,26-29H2,1-4H3/t30-,35+,42+,45-,47+/m1/s1. The van der Waals surface area contributed by atoms with E-state index < -0.39 is 25.7 Å². The lowest BCUT2D eigenvalue weighted by Crippen LogP contribution is -2.52. The van der Waals surface area contributed by atoms with Crippen molar-refractivity contribution in [3.63, 3.8) is 0 Å². The molecule has 5 aromatic carbocycles. The van der Waals surface area contributed by atoms with Crippen LogP contribution in [0, 0.1) is 5.92 Å². The average molecular weight is 794 g/mol. The molecule has 58 heavy (non-hydrogen) atoms. The predicted molar refractivity (Wildman–Crippen MR) is 225 cm³/mol. The average Bonchev–Trinajstić information content (AvgIpc) is 3.68. The number of benzene rings is 5. The lowest BCUT2D eigenvalue weighted by Gasteiger charge is -2.39. The van der Waals surface area contributed by atoms with Crippen molar-refractivity contribution in [1.29, 1.82) is 0 Å². The number of carbonyl (C=O) groups excluding carboxylic acids is 3. The fourth-order valence-corrected chi connectivity index (χ4v) is 14.1. The Morgan fingerprint density at radius 2 is 1.55 bits per heavy atom. The minimum Gasteiger partial charge on any atom is -0.497 e. The van der Waals surface area contributed by atoms with Gasteiger partial charge < -0.3 is 24.2 Å². The summed E-state index contributed by atoms with van der Waals surface area (Å²) in [6, 6.07) is 38.5. The molecule has 296 valence electrons. The second kappa shape index (κ2) is 14.6. The highest BCUT2D eigenvalue weighted by molar-refractivity contribution is 6.91. The van der Waals surface area contributed by atoms with Crippen LogP contribution in [-0.4, -0.2) is 68.3 Å². The Hall–Kier alpha value is -5.75.